The zero-order valence-corrected chi connectivity index (χ0v) is 12.6. The number of aromatic nitrogens is 2. The quantitative estimate of drug-likeness (QED) is 0.759. The Kier molecular flexibility index (Phi) is 4.79. The number of sulfonamides is 1. The van der Waals surface area contributed by atoms with Crippen molar-refractivity contribution in [2.24, 2.45) is 5.92 Å². The lowest BCUT2D eigenvalue weighted by atomic mass is 10.1. The van der Waals surface area contributed by atoms with Gasteiger partial charge < -0.3 is 9.84 Å². The lowest BCUT2D eigenvalue weighted by Crippen LogP contribution is -2.30. The second-order valence-electron chi connectivity index (χ2n) is 5.03. The van der Waals surface area contributed by atoms with E-state index in [4.69, 9.17) is 9.84 Å². The molecule has 0 amide bonds. The molecule has 1 unspecified atom stereocenters. The Morgan fingerprint density at radius 1 is 1.50 bits per heavy atom. The largest absolute Gasteiger partial charge is 0.394 e. The fourth-order valence-corrected chi connectivity index (χ4v) is 3.95. The minimum Gasteiger partial charge on any atom is -0.394 e. The Morgan fingerprint density at radius 2 is 2.25 bits per heavy atom. The summed E-state index contributed by atoms with van der Waals surface area (Å²) in [6, 6.07) is 0. The van der Waals surface area contributed by atoms with Crippen molar-refractivity contribution in [3.8, 4) is 0 Å². The van der Waals surface area contributed by atoms with Gasteiger partial charge in [-0.2, -0.15) is 5.10 Å². The monoisotopic (exact) mass is 303 g/mol. The van der Waals surface area contributed by atoms with Crippen LogP contribution in [0, 0.1) is 19.8 Å². The number of rotatable bonds is 6. The number of aliphatic hydroxyl groups is 1. The molecule has 1 aromatic rings. The topological polar surface area (TPSA) is 93.5 Å². The SMILES string of the molecule is Cc1nn(CCO)c(C)c1S(=O)(=O)NCC1CCOC1. The lowest BCUT2D eigenvalue weighted by Gasteiger charge is -2.10. The molecule has 2 N–H and O–H groups in total. The summed E-state index contributed by atoms with van der Waals surface area (Å²) in [5.41, 5.74) is 0.998. The first kappa shape index (κ1) is 15.4. The molecule has 2 rings (SSSR count). The number of hydrogen-bond acceptors (Lipinski definition) is 5. The van der Waals surface area contributed by atoms with Crippen molar-refractivity contribution in [3.05, 3.63) is 11.4 Å². The molecule has 0 radical (unpaired) electrons. The molecule has 20 heavy (non-hydrogen) atoms. The first-order chi connectivity index (χ1) is 9.45. The molecule has 1 aliphatic heterocycles. The highest BCUT2D eigenvalue weighted by Gasteiger charge is 2.26. The molecule has 2 heterocycles. The van der Waals surface area contributed by atoms with E-state index < -0.39 is 10.0 Å². The zero-order chi connectivity index (χ0) is 14.8. The normalized spacial score (nSPS) is 19.6. The van der Waals surface area contributed by atoms with Crippen LogP contribution in [0.2, 0.25) is 0 Å². The molecule has 1 saturated heterocycles. The third-order valence-corrected chi connectivity index (χ3v) is 5.16. The average Bonchev–Trinajstić information content (AvgIpc) is 2.97. The van der Waals surface area contributed by atoms with Gasteiger partial charge in [-0.3, -0.25) is 4.68 Å². The van der Waals surface area contributed by atoms with E-state index in [0.717, 1.165) is 6.42 Å². The maximum absolute atomic E-state index is 12.4. The minimum atomic E-state index is -3.58. The molecular formula is C12H21N3O4S. The van der Waals surface area contributed by atoms with Gasteiger partial charge in [-0.1, -0.05) is 0 Å². The van der Waals surface area contributed by atoms with Crippen LogP contribution in [0.3, 0.4) is 0 Å². The first-order valence-corrected chi connectivity index (χ1v) is 8.16. The van der Waals surface area contributed by atoms with E-state index in [0.29, 0.717) is 37.7 Å². The number of nitrogens with one attached hydrogen (secondary N) is 1. The van der Waals surface area contributed by atoms with Gasteiger partial charge >= 0.3 is 0 Å². The summed E-state index contributed by atoms with van der Waals surface area (Å²) < 4.78 is 34.1. The van der Waals surface area contributed by atoms with Gasteiger partial charge in [0.15, 0.2) is 0 Å². The van der Waals surface area contributed by atoms with Crippen LogP contribution in [0.25, 0.3) is 0 Å². The lowest BCUT2D eigenvalue weighted by molar-refractivity contribution is 0.186. The summed E-state index contributed by atoms with van der Waals surface area (Å²) in [5, 5.41) is 13.1. The van der Waals surface area contributed by atoms with Crippen molar-refractivity contribution >= 4 is 10.0 Å². The Balaban J connectivity index is 2.15. The predicted molar refractivity (Wildman–Crippen MR) is 72.9 cm³/mol. The molecule has 0 aromatic carbocycles. The van der Waals surface area contributed by atoms with Crippen LogP contribution in [0.4, 0.5) is 0 Å². The van der Waals surface area contributed by atoms with E-state index >= 15 is 0 Å². The Morgan fingerprint density at radius 3 is 2.85 bits per heavy atom. The molecule has 0 spiro atoms. The maximum Gasteiger partial charge on any atom is 0.244 e. The van der Waals surface area contributed by atoms with E-state index in [1.807, 2.05) is 0 Å². The molecule has 1 aromatic heterocycles. The molecule has 114 valence electrons. The summed E-state index contributed by atoms with van der Waals surface area (Å²) in [6.45, 7) is 5.25. The smallest absolute Gasteiger partial charge is 0.244 e. The van der Waals surface area contributed by atoms with Crippen molar-refractivity contribution in [1.29, 1.82) is 0 Å². The van der Waals surface area contributed by atoms with E-state index in [1.54, 1.807) is 13.8 Å². The van der Waals surface area contributed by atoms with Crippen molar-refractivity contribution < 1.29 is 18.3 Å². The van der Waals surface area contributed by atoms with E-state index in [-0.39, 0.29) is 17.4 Å². The third-order valence-electron chi connectivity index (χ3n) is 3.48. The maximum atomic E-state index is 12.4. The van der Waals surface area contributed by atoms with Gasteiger partial charge in [0, 0.05) is 13.2 Å². The standard InChI is InChI=1S/C12H21N3O4S/c1-9-12(10(2)15(14-9)4-5-16)20(17,18)13-7-11-3-6-19-8-11/h11,13,16H,3-8H2,1-2H3. The number of aliphatic hydroxyl groups excluding tert-OH is 1. The van der Waals surface area contributed by atoms with Crippen molar-refractivity contribution in [2.45, 2.75) is 31.7 Å². The van der Waals surface area contributed by atoms with Crippen LogP contribution >= 0.6 is 0 Å². The fraction of sp³-hybridized carbons (Fsp3) is 0.750. The van der Waals surface area contributed by atoms with Gasteiger partial charge in [-0.05, 0) is 26.2 Å². The van der Waals surface area contributed by atoms with Crippen LogP contribution in [-0.2, 0) is 21.3 Å². The summed E-state index contributed by atoms with van der Waals surface area (Å²) in [7, 11) is -3.58. The average molecular weight is 303 g/mol. The van der Waals surface area contributed by atoms with Crippen LogP contribution in [0.15, 0.2) is 4.90 Å². The van der Waals surface area contributed by atoms with E-state index in [9.17, 15) is 8.42 Å². The molecule has 0 aliphatic carbocycles. The van der Waals surface area contributed by atoms with Gasteiger partial charge in [0.25, 0.3) is 0 Å². The van der Waals surface area contributed by atoms with Crippen LogP contribution in [0.1, 0.15) is 17.8 Å². The highest BCUT2D eigenvalue weighted by atomic mass is 32.2. The summed E-state index contributed by atoms with van der Waals surface area (Å²) in [5.74, 6) is 0.234. The van der Waals surface area contributed by atoms with Gasteiger partial charge in [0.2, 0.25) is 10.0 Å². The molecule has 1 aliphatic rings. The first-order valence-electron chi connectivity index (χ1n) is 6.68. The van der Waals surface area contributed by atoms with E-state index in [2.05, 4.69) is 9.82 Å². The molecule has 0 saturated carbocycles. The Labute approximate surface area is 119 Å². The predicted octanol–water partition coefficient (Wildman–Crippen LogP) is -0.193. The Hall–Kier alpha value is -0.960. The third kappa shape index (κ3) is 3.20. The highest BCUT2D eigenvalue weighted by Crippen LogP contribution is 2.20. The van der Waals surface area contributed by atoms with Crippen molar-refractivity contribution in [3.63, 3.8) is 0 Å². The molecule has 7 nitrogen and oxygen atoms in total. The summed E-state index contributed by atoms with van der Waals surface area (Å²) in [4.78, 5) is 0.213. The van der Waals surface area contributed by atoms with Gasteiger partial charge in [0.1, 0.15) is 4.90 Å². The number of ether oxygens (including phenoxy) is 1. The van der Waals surface area contributed by atoms with Crippen LogP contribution < -0.4 is 4.72 Å². The van der Waals surface area contributed by atoms with Gasteiger partial charge in [-0.15, -0.1) is 0 Å². The minimum absolute atomic E-state index is 0.0751. The van der Waals surface area contributed by atoms with Crippen molar-refractivity contribution in [2.75, 3.05) is 26.4 Å². The number of nitrogens with zero attached hydrogens (tertiary/aromatic N) is 2. The second kappa shape index (κ2) is 6.21. The molecule has 1 atom stereocenters. The summed E-state index contributed by atoms with van der Waals surface area (Å²) in [6.07, 6.45) is 0.879. The van der Waals surface area contributed by atoms with Gasteiger partial charge in [-0.25, -0.2) is 13.1 Å². The van der Waals surface area contributed by atoms with Crippen molar-refractivity contribution in [1.82, 2.24) is 14.5 Å². The molecule has 0 bridgehead atoms. The Bertz CT molecular complexity index is 562. The highest BCUT2D eigenvalue weighted by molar-refractivity contribution is 7.89. The second-order valence-corrected chi connectivity index (χ2v) is 6.73. The summed E-state index contributed by atoms with van der Waals surface area (Å²) >= 11 is 0. The molecule has 1 fully saturated rings. The number of hydrogen-bond donors (Lipinski definition) is 2. The van der Waals surface area contributed by atoms with E-state index in [1.165, 1.54) is 4.68 Å². The molecular weight excluding hydrogens is 282 g/mol. The number of aryl methyl sites for hydroxylation is 1. The van der Waals surface area contributed by atoms with Crippen LogP contribution in [-0.4, -0.2) is 49.7 Å². The molecule has 8 heteroatoms. The van der Waals surface area contributed by atoms with Gasteiger partial charge in [0.05, 0.1) is 31.1 Å². The van der Waals surface area contributed by atoms with Crippen LogP contribution in [0.5, 0.6) is 0 Å². The zero-order valence-electron chi connectivity index (χ0n) is 11.8. The fourth-order valence-electron chi connectivity index (χ4n) is 2.43.